The number of benzene rings is 1. The first-order chi connectivity index (χ1) is 5.29. The van der Waals surface area contributed by atoms with E-state index in [-0.39, 0.29) is 0 Å². The molecule has 58 valence electrons. The van der Waals surface area contributed by atoms with Gasteiger partial charge in [-0.25, -0.2) is 0 Å². The molecule has 0 spiro atoms. The van der Waals surface area contributed by atoms with Crippen LogP contribution < -0.4 is 0 Å². The average molecular weight is 150 g/mol. The number of fused-ring (bicyclic) bond motifs is 1. The summed E-state index contributed by atoms with van der Waals surface area (Å²) in [5.74, 6) is 0. The van der Waals surface area contributed by atoms with Crippen molar-refractivity contribution < 1.29 is 10.2 Å². The molecule has 0 heterocycles. The van der Waals surface area contributed by atoms with E-state index in [1.54, 1.807) is 0 Å². The van der Waals surface area contributed by atoms with Crippen molar-refractivity contribution in [3.63, 3.8) is 0 Å². The van der Waals surface area contributed by atoms with Crippen molar-refractivity contribution in [1.29, 1.82) is 0 Å². The van der Waals surface area contributed by atoms with Crippen LogP contribution in [0.4, 0.5) is 0 Å². The Bertz CT molecular complexity index is 270. The summed E-state index contributed by atoms with van der Waals surface area (Å²) in [5.41, 5.74) is 1.94. The Morgan fingerprint density at radius 3 is 2.64 bits per heavy atom. The van der Waals surface area contributed by atoms with Crippen molar-refractivity contribution in [3.8, 4) is 0 Å². The Balaban J connectivity index is 2.47. The van der Waals surface area contributed by atoms with E-state index in [4.69, 9.17) is 0 Å². The van der Waals surface area contributed by atoms with Crippen LogP contribution in [0.15, 0.2) is 24.3 Å². The Labute approximate surface area is 65.1 Å². The predicted molar refractivity (Wildman–Crippen MR) is 41.1 cm³/mol. The summed E-state index contributed by atoms with van der Waals surface area (Å²) in [6, 6.07) is 7.59. The summed E-state index contributed by atoms with van der Waals surface area (Å²) in [7, 11) is 0. The van der Waals surface area contributed by atoms with Crippen LogP contribution in [-0.2, 0) is 6.42 Å². The molecule has 0 aromatic heterocycles. The normalized spacial score (nSPS) is 28.5. The lowest BCUT2D eigenvalue weighted by atomic mass is 10.1. The Hall–Kier alpha value is -0.860. The first-order valence-electron chi connectivity index (χ1n) is 3.73. The van der Waals surface area contributed by atoms with Crippen LogP contribution in [0.2, 0.25) is 0 Å². The van der Waals surface area contributed by atoms with Crippen molar-refractivity contribution in [2.24, 2.45) is 0 Å². The van der Waals surface area contributed by atoms with E-state index in [9.17, 15) is 10.2 Å². The summed E-state index contributed by atoms with van der Waals surface area (Å²) < 4.78 is 0. The lowest BCUT2D eigenvalue weighted by Crippen LogP contribution is -2.11. The fraction of sp³-hybridized carbons (Fsp3) is 0.333. The van der Waals surface area contributed by atoms with Crippen LogP contribution in [0.3, 0.4) is 0 Å². The third-order valence-corrected chi connectivity index (χ3v) is 2.17. The van der Waals surface area contributed by atoms with Crippen molar-refractivity contribution in [3.05, 3.63) is 35.4 Å². The highest BCUT2D eigenvalue weighted by Gasteiger charge is 2.28. The number of aliphatic hydroxyl groups is 2. The molecule has 1 aliphatic carbocycles. The molecule has 2 N–H and O–H groups in total. The minimum absolute atomic E-state index is 0.581. The van der Waals surface area contributed by atoms with Crippen LogP contribution in [0.1, 0.15) is 17.2 Å². The average Bonchev–Trinajstić information content (AvgIpc) is 2.30. The molecule has 0 bridgehead atoms. The Morgan fingerprint density at radius 2 is 1.91 bits per heavy atom. The minimum Gasteiger partial charge on any atom is -0.390 e. The fourth-order valence-electron chi connectivity index (χ4n) is 1.55. The van der Waals surface area contributed by atoms with Crippen molar-refractivity contribution >= 4 is 0 Å². The minimum atomic E-state index is -0.675. The second kappa shape index (κ2) is 2.32. The number of hydrogen-bond donors (Lipinski definition) is 2. The van der Waals surface area contributed by atoms with Gasteiger partial charge in [0.1, 0.15) is 6.10 Å². The lowest BCUT2D eigenvalue weighted by molar-refractivity contribution is 0.0326. The van der Waals surface area contributed by atoms with E-state index < -0.39 is 12.2 Å². The molecule has 2 rings (SSSR count). The van der Waals surface area contributed by atoms with Crippen molar-refractivity contribution in [2.45, 2.75) is 18.6 Å². The summed E-state index contributed by atoms with van der Waals surface area (Å²) in [5, 5.41) is 18.7. The van der Waals surface area contributed by atoms with Crippen LogP contribution in [0.5, 0.6) is 0 Å². The Morgan fingerprint density at radius 1 is 1.18 bits per heavy atom. The van der Waals surface area contributed by atoms with Gasteiger partial charge >= 0.3 is 0 Å². The molecule has 0 saturated heterocycles. The highest BCUT2D eigenvalue weighted by Crippen LogP contribution is 2.30. The summed E-state index contributed by atoms with van der Waals surface area (Å²) in [6.07, 6.45) is -0.698. The first kappa shape index (κ1) is 6.83. The van der Waals surface area contributed by atoms with Gasteiger partial charge in [-0.05, 0) is 11.1 Å². The number of aliphatic hydroxyl groups excluding tert-OH is 2. The van der Waals surface area contributed by atoms with Gasteiger partial charge in [0.05, 0.1) is 6.10 Å². The maximum atomic E-state index is 9.40. The molecule has 1 aliphatic rings. The molecule has 0 radical (unpaired) electrons. The zero-order valence-corrected chi connectivity index (χ0v) is 6.07. The summed E-state index contributed by atoms with van der Waals surface area (Å²) in [4.78, 5) is 0. The second-order valence-electron chi connectivity index (χ2n) is 2.92. The second-order valence-corrected chi connectivity index (χ2v) is 2.92. The highest BCUT2D eigenvalue weighted by molar-refractivity contribution is 5.34. The van der Waals surface area contributed by atoms with E-state index >= 15 is 0 Å². The standard InChI is InChI=1S/C9H10O2/c10-8-5-6-3-1-2-4-7(6)9(8)11/h1-4,8-11H,5H2/t8-,9-/m1/s1. The van der Waals surface area contributed by atoms with Crippen molar-refractivity contribution in [2.75, 3.05) is 0 Å². The van der Waals surface area contributed by atoms with Gasteiger partial charge in [-0.2, -0.15) is 0 Å². The first-order valence-corrected chi connectivity index (χ1v) is 3.73. The molecule has 2 atom stereocenters. The quantitative estimate of drug-likeness (QED) is 0.569. The van der Waals surface area contributed by atoms with Gasteiger partial charge in [-0.3, -0.25) is 0 Å². The zero-order chi connectivity index (χ0) is 7.84. The Kier molecular flexibility index (Phi) is 1.44. The number of rotatable bonds is 0. The summed E-state index contributed by atoms with van der Waals surface area (Å²) >= 11 is 0. The molecular formula is C9H10O2. The molecule has 1 aromatic rings. The van der Waals surface area contributed by atoms with E-state index in [2.05, 4.69) is 0 Å². The van der Waals surface area contributed by atoms with E-state index in [1.165, 1.54) is 0 Å². The van der Waals surface area contributed by atoms with Gasteiger partial charge in [0, 0.05) is 6.42 Å². The SMILES string of the molecule is O[C@@H]1Cc2ccccc2[C@H]1O. The predicted octanol–water partition coefficient (Wildman–Crippen LogP) is 0.637. The molecule has 2 nitrogen and oxygen atoms in total. The smallest absolute Gasteiger partial charge is 0.105 e. The zero-order valence-electron chi connectivity index (χ0n) is 6.07. The molecule has 0 fully saturated rings. The van der Waals surface area contributed by atoms with E-state index in [0.29, 0.717) is 6.42 Å². The fourth-order valence-corrected chi connectivity index (χ4v) is 1.55. The van der Waals surface area contributed by atoms with Gasteiger partial charge in [0.25, 0.3) is 0 Å². The van der Waals surface area contributed by atoms with Gasteiger partial charge < -0.3 is 10.2 Å². The van der Waals surface area contributed by atoms with Gasteiger partial charge in [0.2, 0.25) is 0 Å². The van der Waals surface area contributed by atoms with Gasteiger partial charge in [-0.15, -0.1) is 0 Å². The molecule has 0 amide bonds. The molecule has 11 heavy (non-hydrogen) atoms. The highest BCUT2D eigenvalue weighted by atomic mass is 16.3. The summed E-state index contributed by atoms with van der Waals surface area (Å²) in [6.45, 7) is 0. The maximum Gasteiger partial charge on any atom is 0.105 e. The van der Waals surface area contributed by atoms with E-state index in [1.807, 2.05) is 24.3 Å². The molecular weight excluding hydrogens is 140 g/mol. The van der Waals surface area contributed by atoms with Crippen LogP contribution in [0, 0.1) is 0 Å². The van der Waals surface area contributed by atoms with Gasteiger partial charge in [0.15, 0.2) is 0 Å². The molecule has 2 heteroatoms. The molecule has 1 aromatic carbocycles. The molecule has 0 aliphatic heterocycles. The third-order valence-electron chi connectivity index (χ3n) is 2.17. The van der Waals surface area contributed by atoms with Crippen molar-refractivity contribution in [1.82, 2.24) is 0 Å². The topological polar surface area (TPSA) is 40.5 Å². The third kappa shape index (κ3) is 0.951. The molecule has 0 unspecified atom stereocenters. The monoisotopic (exact) mass is 150 g/mol. The van der Waals surface area contributed by atoms with Crippen LogP contribution >= 0.6 is 0 Å². The lowest BCUT2D eigenvalue weighted by Gasteiger charge is -2.06. The maximum absolute atomic E-state index is 9.40. The van der Waals surface area contributed by atoms with E-state index in [0.717, 1.165) is 11.1 Å². The molecule has 0 saturated carbocycles. The largest absolute Gasteiger partial charge is 0.390 e. The number of hydrogen-bond acceptors (Lipinski definition) is 2. The van der Waals surface area contributed by atoms with Crippen LogP contribution in [0.25, 0.3) is 0 Å². The van der Waals surface area contributed by atoms with Crippen LogP contribution in [-0.4, -0.2) is 16.3 Å². The van der Waals surface area contributed by atoms with Gasteiger partial charge in [-0.1, -0.05) is 24.3 Å².